The minimum atomic E-state index is -0.552. The molecule has 7 aromatic carbocycles. The number of nitrogens with zero attached hydrogens (tertiary/aromatic N) is 1. The molecule has 0 aliphatic heterocycles. The zero-order chi connectivity index (χ0) is 38.4. The normalized spacial score (nSPS) is 17.4. The molecule has 1 heteroatoms. The number of rotatable bonds is 8. The smallest absolute Gasteiger partial charge is 0.0701 e. The van der Waals surface area contributed by atoms with Crippen molar-refractivity contribution in [2.75, 3.05) is 4.90 Å². The van der Waals surface area contributed by atoms with E-state index in [1.165, 1.54) is 72.6 Å². The van der Waals surface area contributed by atoms with Gasteiger partial charge in [-0.3, -0.25) is 0 Å². The maximum Gasteiger partial charge on any atom is 0.0701 e. The Morgan fingerprint density at radius 1 is 0.526 bits per heavy atom. The summed E-state index contributed by atoms with van der Waals surface area (Å²) in [4.78, 5) is 2.51. The number of hydrogen-bond acceptors (Lipinski definition) is 1. The van der Waals surface area contributed by atoms with Gasteiger partial charge < -0.3 is 4.90 Å². The Balaban J connectivity index is 1.09. The minimum Gasteiger partial charge on any atom is -0.334 e. The number of benzene rings is 7. The fourth-order valence-electron chi connectivity index (χ4n) is 10.0. The van der Waals surface area contributed by atoms with Gasteiger partial charge in [0.05, 0.1) is 11.5 Å². The van der Waals surface area contributed by atoms with Crippen LogP contribution in [0.2, 0.25) is 0 Å². The van der Waals surface area contributed by atoms with Gasteiger partial charge in [0.2, 0.25) is 0 Å². The van der Waals surface area contributed by atoms with Gasteiger partial charge in [0.15, 0.2) is 0 Å². The number of hydrogen-bond donors (Lipinski definition) is 0. The second-order valence-electron chi connectivity index (χ2n) is 16.4. The van der Waals surface area contributed by atoms with E-state index >= 15 is 0 Å². The lowest BCUT2D eigenvalue weighted by atomic mass is 9.64. The van der Waals surface area contributed by atoms with Crippen molar-refractivity contribution in [3.8, 4) is 11.1 Å². The Hall–Kier alpha value is -6.44. The zero-order valence-corrected chi connectivity index (χ0v) is 32.7. The second kappa shape index (κ2) is 14.3. The Morgan fingerprint density at radius 3 is 1.82 bits per heavy atom. The van der Waals surface area contributed by atoms with Crippen LogP contribution in [0.4, 0.5) is 11.4 Å². The lowest BCUT2D eigenvalue weighted by Gasteiger charge is -2.38. The molecule has 57 heavy (non-hydrogen) atoms. The molecule has 0 N–H and O–H groups in total. The summed E-state index contributed by atoms with van der Waals surface area (Å²) >= 11 is 0. The fraction of sp³-hybridized carbons (Fsp3) is 0.143. The molecular formula is C56H47N. The molecule has 0 aromatic heterocycles. The van der Waals surface area contributed by atoms with E-state index in [2.05, 4.69) is 231 Å². The number of allylic oxidation sites excluding steroid dienone is 3. The van der Waals surface area contributed by atoms with Crippen molar-refractivity contribution in [3.63, 3.8) is 0 Å². The molecule has 0 bridgehead atoms. The minimum absolute atomic E-state index is 0.0583. The highest BCUT2D eigenvalue weighted by Gasteiger charge is 2.41. The Labute approximate surface area is 338 Å². The largest absolute Gasteiger partial charge is 0.334 e. The highest BCUT2D eigenvalue weighted by Crippen LogP contribution is 2.52. The van der Waals surface area contributed by atoms with Crippen LogP contribution in [0.5, 0.6) is 0 Å². The van der Waals surface area contributed by atoms with Crippen LogP contribution < -0.4 is 4.90 Å². The van der Waals surface area contributed by atoms with E-state index in [1.54, 1.807) is 0 Å². The van der Waals surface area contributed by atoms with Crippen molar-refractivity contribution < 1.29 is 0 Å². The molecule has 0 spiro atoms. The lowest BCUT2D eigenvalue weighted by molar-refractivity contribution is 0.659. The summed E-state index contributed by atoms with van der Waals surface area (Å²) in [6.07, 6.45) is 15.6. The van der Waals surface area contributed by atoms with Crippen LogP contribution in [0.25, 0.3) is 17.2 Å². The van der Waals surface area contributed by atoms with E-state index in [0.717, 1.165) is 12.8 Å². The van der Waals surface area contributed by atoms with Crippen LogP contribution in [0, 0.1) is 0 Å². The summed E-state index contributed by atoms with van der Waals surface area (Å²) < 4.78 is 0. The zero-order valence-electron chi connectivity index (χ0n) is 32.7. The lowest BCUT2D eigenvalue weighted by Crippen LogP contribution is -2.32. The highest BCUT2D eigenvalue weighted by molar-refractivity contribution is 5.82. The first-order chi connectivity index (χ1) is 28.0. The van der Waals surface area contributed by atoms with Gasteiger partial charge in [-0.2, -0.15) is 0 Å². The Bertz CT molecular complexity index is 2600. The van der Waals surface area contributed by atoms with Crippen molar-refractivity contribution in [3.05, 3.63) is 256 Å². The summed E-state index contributed by atoms with van der Waals surface area (Å²) in [6.45, 7) is 4.72. The first-order valence-corrected chi connectivity index (χ1v) is 20.5. The molecule has 1 nitrogen and oxygen atoms in total. The molecule has 0 amide bonds. The summed E-state index contributed by atoms with van der Waals surface area (Å²) in [6, 6.07) is 66.2. The summed E-state index contributed by atoms with van der Waals surface area (Å²) in [7, 11) is 0. The Kier molecular flexibility index (Phi) is 8.75. The predicted octanol–water partition coefficient (Wildman–Crippen LogP) is 13.8. The molecule has 0 fully saturated rings. The van der Waals surface area contributed by atoms with Crippen molar-refractivity contribution in [2.45, 2.75) is 49.5 Å². The van der Waals surface area contributed by atoms with Crippen molar-refractivity contribution in [1.82, 2.24) is 0 Å². The van der Waals surface area contributed by atoms with E-state index in [9.17, 15) is 0 Å². The summed E-state index contributed by atoms with van der Waals surface area (Å²) in [5.41, 5.74) is 16.4. The van der Waals surface area contributed by atoms with Crippen LogP contribution in [-0.2, 0) is 17.3 Å². The van der Waals surface area contributed by atoms with Crippen LogP contribution in [0.15, 0.2) is 206 Å². The SMILES string of the molecule is CC1(C)c2ccccc2-c2cc(C(c3ccccc3)(c3ccccc3)c3ccc(N(c4ccc(C5C=Cc6ccccc6C5)cc4)C4C=CC=CC4)cc3)ccc21. The molecule has 10 rings (SSSR count). The second-order valence-corrected chi connectivity index (χ2v) is 16.4. The fourth-order valence-corrected chi connectivity index (χ4v) is 10.0. The summed E-state index contributed by atoms with van der Waals surface area (Å²) in [5, 5.41) is 0. The molecule has 2 atom stereocenters. The maximum absolute atomic E-state index is 2.51. The molecule has 276 valence electrons. The van der Waals surface area contributed by atoms with Gasteiger partial charge >= 0.3 is 0 Å². The van der Waals surface area contributed by atoms with Gasteiger partial charge in [0.25, 0.3) is 0 Å². The van der Waals surface area contributed by atoms with Crippen molar-refractivity contribution >= 4 is 17.5 Å². The molecule has 7 aromatic rings. The maximum atomic E-state index is 2.51. The van der Waals surface area contributed by atoms with E-state index in [1.807, 2.05) is 0 Å². The molecular weight excluding hydrogens is 687 g/mol. The number of fused-ring (bicyclic) bond motifs is 4. The topological polar surface area (TPSA) is 3.24 Å². The third-order valence-corrected chi connectivity index (χ3v) is 12.9. The van der Waals surface area contributed by atoms with Gasteiger partial charge in [-0.25, -0.2) is 0 Å². The van der Waals surface area contributed by atoms with Crippen LogP contribution in [-0.4, -0.2) is 6.04 Å². The van der Waals surface area contributed by atoms with E-state index in [0.29, 0.717) is 5.92 Å². The van der Waals surface area contributed by atoms with E-state index < -0.39 is 5.41 Å². The first-order valence-electron chi connectivity index (χ1n) is 20.5. The molecule has 0 saturated carbocycles. The third kappa shape index (κ3) is 5.92. The van der Waals surface area contributed by atoms with Crippen LogP contribution in [0.3, 0.4) is 0 Å². The first kappa shape index (κ1) is 35.0. The molecule has 0 heterocycles. The summed E-state index contributed by atoms with van der Waals surface area (Å²) in [5.74, 6) is 0.377. The standard InChI is InChI=1S/C56H47N/c1-55(2)53-25-15-14-24-51(53)52-39-47(32-37-54(52)55)56(44-18-6-3-7-19-44,45-20-8-4-9-21-45)46-30-35-50(36-31-46)57(48-22-10-5-11-23-48)49-33-28-41(29-34-49)43-27-26-40-16-12-13-17-42(40)38-43/h3-22,24-37,39,43,48H,23,38H2,1-2H3. The highest BCUT2D eigenvalue weighted by atomic mass is 15.2. The molecule has 0 radical (unpaired) electrons. The quantitative estimate of drug-likeness (QED) is 0.141. The monoisotopic (exact) mass is 733 g/mol. The van der Waals surface area contributed by atoms with Crippen LogP contribution in [0.1, 0.15) is 76.3 Å². The predicted molar refractivity (Wildman–Crippen MR) is 240 cm³/mol. The molecule has 3 aliphatic carbocycles. The van der Waals surface area contributed by atoms with Gasteiger partial charge in [0, 0.05) is 22.7 Å². The van der Waals surface area contributed by atoms with Gasteiger partial charge in [-0.1, -0.05) is 196 Å². The van der Waals surface area contributed by atoms with Gasteiger partial charge in [0.1, 0.15) is 0 Å². The molecule has 0 saturated heterocycles. The third-order valence-electron chi connectivity index (χ3n) is 12.9. The van der Waals surface area contributed by atoms with Crippen molar-refractivity contribution in [1.29, 1.82) is 0 Å². The van der Waals surface area contributed by atoms with Gasteiger partial charge in [-0.05, 0) is 104 Å². The van der Waals surface area contributed by atoms with Crippen molar-refractivity contribution in [2.24, 2.45) is 0 Å². The molecule has 3 aliphatic rings. The molecule has 2 unspecified atom stereocenters. The number of anilines is 2. The average Bonchev–Trinajstić information content (AvgIpc) is 3.51. The average molecular weight is 734 g/mol. The Morgan fingerprint density at radius 2 is 1.12 bits per heavy atom. The van der Waals surface area contributed by atoms with E-state index in [4.69, 9.17) is 0 Å². The van der Waals surface area contributed by atoms with E-state index in [-0.39, 0.29) is 11.5 Å². The van der Waals surface area contributed by atoms with Crippen LogP contribution >= 0.6 is 0 Å². The van der Waals surface area contributed by atoms with Gasteiger partial charge in [-0.15, -0.1) is 0 Å².